The van der Waals surface area contributed by atoms with Crippen molar-refractivity contribution in [3.63, 3.8) is 0 Å². The summed E-state index contributed by atoms with van der Waals surface area (Å²) in [6.45, 7) is 0.113. The summed E-state index contributed by atoms with van der Waals surface area (Å²) < 4.78 is 14.3. The fourth-order valence-electron chi connectivity index (χ4n) is 1.62. The van der Waals surface area contributed by atoms with Crippen molar-refractivity contribution in [2.75, 3.05) is 20.2 Å². The minimum absolute atomic E-state index is 0.127. The van der Waals surface area contributed by atoms with E-state index >= 15 is 0 Å². The molecule has 6 heteroatoms. The maximum absolute atomic E-state index is 13.7. The molecule has 0 bridgehead atoms. The second-order valence-electron chi connectivity index (χ2n) is 3.67. The first-order valence-electron chi connectivity index (χ1n) is 5.02. The molecule has 4 nitrogen and oxygen atoms in total. The predicted molar refractivity (Wildman–Crippen MR) is 65.8 cm³/mol. The van der Waals surface area contributed by atoms with E-state index in [0.29, 0.717) is 4.47 Å². The fraction of sp³-hybridized carbons (Fsp3) is 0.364. The minimum Gasteiger partial charge on any atom is -0.395 e. The summed E-state index contributed by atoms with van der Waals surface area (Å²) in [4.78, 5) is 12.9. The van der Waals surface area contributed by atoms with Crippen molar-refractivity contribution in [3.8, 4) is 0 Å². The number of carbonyl (C=O) groups excluding carboxylic acids is 1. The standard InChI is InChI=1S/C11H14BrFN2O2/c1-15(4-5-16)10(11(14)17)8-3-2-7(12)6-9(8)13/h2-3,6,10,16H,4-5H2,1H3,(H2,14,17). The lowest BCUT2D eigenvalue weighted by atomic mass is 10.0. The highest BCUT2D eigenvalue weighted by Crippen LogP contribution is 2.24. The lowest BCUT2D eigenvalue weighted by Crippen LogP contribution is -2.37. The van der Waals surface area contributed by atoms with Crippen LogP contribution in [0.5, 0.6) is 0 Å². The molecule has 0 spiro atoms. The number of rotatable bonds is 5. The van der Waals surface area contributed by atoms with E-state index in [1.165, 1.54) is 17.0 Å². The molecule has 0 radical (unpaired) electrons. The molecule has 1 aromatic carbocycles. The van der Waals surface area contributed by atoms with Crippen LogP contribution in [0.25, 0.3) is 0 Å². The van der Waals surface area contributed by atoms with Crippen LogP contribution in [-0.2, 0) is 4.79 Å². The van der Waals surface area contributed by atoms with Crippen molar-refractivity contribution in [1.29, 1.82) is 0 Å². The van der Waals surface area contributed by atoms with Gasteiger partial charge in [0.1, 0.15) is 11.9 Å². The zero-order valence-electron chi connectivity index (χ0n) is 9.36. The Hall–Kier alpha value is -0.980. The summed E-state index contributed by atoms with van der Waals surface area (Å²) in [5.74, 6) is -1.16. The largest absolute Gasteiger partial charge is 0.395 e. The van der Waals surface area contributed by atoms with Gasteiger partial charge in [0.2, 0.25) is 5.91 Å². The molecule has 0 saturated carbocycles. The van der Waals surface area contributed by atoms with Crippen molar-refractivity contribution in [3.05, 3.63) is 34.1 Å². The van der Waals surface area contributed by atoms with Gasteiger partial charge in [0.15, 0.2) is 0 Å². The first-order chi connectivity index (χ1) is 7.97. The van der Waals surface area contributed by atoms with E-state index in [1.807, 2.05) is 0 Å². The Labute approximate surface area is 107 Å². The summed E-state index contributed by atoms with van der Waals surface area (Å²) in [5.41, 5.74) is 5.47. The molecule has 94 valence electrons. The quantitative estimate of drug-likeness (QED) is 0.854. The molecule has 1 unspecified atom stereocenters. The zero-order valence-corrected chi connectivity index (χ0v) is 10.9. The average molecular weight is 305 g/mol. The number of carbonyl (C=O) groups is 1. The third-order valence-electron chi connectivity index (χ3n) is 2.42. The second-order valence-corrected chi connectivity index (χ2v) is 4.59. The van der Waals surface area contributed by atoms with Gasteiger partial charge >= 0.3 is 0 Å². The van der Waals surface area contributed by atoms with Crippen LogP contribution < -0.4 is 5.73 Å². The molecular formula is C11H14BrFN2O2. The van der Waals surface area contributed by atoms with Gasteiger partial charge in [0, 0.05) is 16.6 Å². The monoisotopic (exact) mass is 304 g/mol. The second kappa shape index (κ2) is 6.09. The maximum atomic E-state index is 13.7. The number of hydrogen-bond acceptors (Lipinski definition) is 3. The average Bonchev–Trinajstić information content (AvgIpc) is 2.21. The van der Waals surface area contributed by atoms with Gasteiger partial charge in [-0.25, -0.2) is 4.39 Å². The van der Waals surface area contributed by atoms with E-state index in [2.05, 4.69) is 15.9 Å². The van der Waals surface area contributed by atoms with Gasteiger partial charge in [-0.3, -0.25) is 9.69 Å². The number of nitrogens with two attached hydrogens (primary N) is 1. The van der Waals surface area contributed by atoms with E-state index in [4.69, 9.17) is 10.8 Å². The van der Waals surface area contributed by atoms with Crippen molar-refractivity contribution in [2.24, 2.45) is 5.73 Å². The van der Waals surface area contributed by atoms with Crippen molar-refractivity contribution in [1.82, 2.24) is 4.90 Å². The fourth-order valence-corrected chi connectivity index (χ4v) is 1.95. The lowest BCUT2D eigenvalue weighted by molar-refractivity contribution is -0.123. The first-order valence-corrected chi connectivity index (χ1v) is 5.82. The predicted octanol–water partition coefficient (Wildman–Crippen LogP) is 1.04. The number of amides is 1. The van der Waals surface area contributed by atoms with Crippen molar-refractivity contribution >= 4 is 21.8 Å². The number of benzene rings is 1. The highest BCUT2D eigenvalue weighted by atomic mass is 79.9. The molecular weight excluding hydrogens is 291 g/mol. The molecule has 0 heterocycles. The third-order valence-corrected chi connectivity index (χ3v) is 2.91. The Kier molecular flexibility index (Phi) is 5.04. The van der Waals surface area contributed by atoms with Crippen LogP contribution in [0.3, 0.4) is 0 Å². The van der Waals surface area contributed by atoms with E-state index in [9.17, 15) is 9.18 Å². The molecule has 0 fully saturated rings. The number of hydrogen-bond donors (Lipinski definition) is 2. The molecule has 1 aromatic rings. The molecule has 1 rings (SSSR count). The number of primary amides is 1. The smallest absolute Gasteiger partial charge is 0.239 e. The van der Waals surface area contributed by atoms with Gasteiger partial charge < -0.3 is 10.8 Å². The van der Waals surface area contributed by atoms with Crippen LogP contribution >= 0.6 is 15.9 Å². The van der Waals surface area contributed by atoms with Crippen molar-refractivity contribution in [2.45, 2.75) is 6.04 Å². The molecule has 3 N–H and O–H groups in total. The normalized spacial score (nSPS) is 12.8. The van der Waals surface area contributed by atoms with Crippen LogP contribution in [0.15, 0.2) is 22.7 Å². The van der Waals surface area contributed by atoms with Crippen LogP contribution in [0.2, 0.25) is 0 Å². The molecule has 0 aliphatic heterocycles. The minimum atomic E-state index is -0.879. The van der Waals surface area contributed by atoms with Gasteiger partial charge in [0.25, 0.3) is 0 Å². The maximum Gasteiger partial charge on any atom is 0.239 e. The van der Waals surface area contributed by atoms with E-state index in [1.54, 1.807) is 13.1 Å². The molecule has 0 aromatic heterocycles. The highest BCUT2D eigenvalue weighted by Gasteiger charge is 2.25. The molecule has 0 aliphatic rings. The first kappa shape index (κ1) is 14.1. The van der Waals surface area contributed by atoms with Crippen LogP contribution in [0.4, 0.5) is 4.39 Å². The number of aliphatic hydroxyl groups is 1. The lowest BCUT2D eigenvalue weighted by Gasteiger charge is -2.25. The van der Waals surface area contributed by atoms with Gasteiger partial charge in [-0.15, -0.1) is 0 Å². The topological polar surface area (TPSA) is 66.6 Å². The summed E-state index contributed by atoms with van der Waals surface area (Å²) in [6.07, 6.45) is 0. The van der Waals surface area contributed by atoms with Crippen LogP contribution in [-0.4, -0.2) is 36.1 Å². The summed E-state index contributed by atoms with van der Waals surface area (Å²) in [5, 5.41) is 8.83. The Morgan fingerprint density at radius 3 is 2.76 bits per heavy atom. The van der Waals surface area contributed by atoms with E-state index in [0.717, 1.165) is 0 Å². The number of aliphatic hydroxyl groups excluding tert-OH is 1. The molecule has 0 aliphatic carbocycles. The Bertz CT molecular complexity index is 414. The highest BCUT2D eigenvalue weighted by molar-refractivity contribution is 9.10. The molecule has 0 saturated heterocycles. The molecule has 1 atom stereocenters. The third kappa shape index (κ3) is 3.49. The molecule has 1 amide bonds. The number of nitrogens with zero attached hydrogens (tertiary/aromatic N) is 1. The SMILES string of the molecule is CN(CCO)C(C(N)=O)c1ccc(Br)cc1F. The van der Waals surface area contributed by atoms with Crippen molar-refractivity contribution < 1.29 is 14.3 Å². The molecule has 17 heavy (non-hydrogen) atoms. The van der Waals surface area contributed by atoms with Gasteiger partial charge in [-0.1, -0.05) is 22.0 Å². The summed E-state index contributed by atoms with van der Waals surface area (Å²) in [7, 11) is 1.60. The Morgan fingerprint density at radius 1 is 1.65 bits per heavy atom. The number of halogens is 2. The zero-order chi connectivity index (χ0) is 13.0. The van der Waals surface area contributed by atoms with Gasteiger partial charge in [0.05, 0.1) is 6.61 Å². The van der Waals surface area contributed by atoms with E-state index < -0.39 is 17.8 Å². The van der Waals surface area contributed by atoms with Gasteiger partial charge in [-0.05, 0) is 19.2 Å². The van der Waals surface area contributed by atoms with Gasteiger partial charge in [-0.2, -0.15) is 0 Å². The Balaban J connectivity index is 3.09. The summed E-state index contributed by atoms with van der Waals surface area (Å²) in [6, 6.07) is 3.54. The summed E-state index contributed by atoms with van der Waals surface area (Å²) >= 11 is 3.14. The Morgan fingerprint density at radius 2 is 2.29 bits per heavy atom. The number of likely N-dealkylation sites (N-methyl/N-ethyl adjacent to an activating group) is 1. The van der Waals surface area contributed by atoms with Crippen LogP contribution in [0, 0.1) is 5.82 Å². The van der Waals surface area contributed by atoms with Crippen LogP contribution in [0.1, 0.15) is 11.6 Å². The van der Waals surface area contributed by atoms with E-state index in [-0.39, 0.29) is 18.7 Å².